The van der Waals surface area contributed by atoms with Gasteiger partial charge in [0.25, 0.3) is 0 Å². The van der Waals surface area contributed by atoms with Crippen molar-refractivity contribution in [2.24, 2.45) is 10.8 Å². The molecular formula is C14H25NO4S. The Morgan fingerprint density at radius 2 is 2.00 bits per heavy atom. The number of hydrogen-bond donors (Lipinski definition) is 1. The average molecular weight is 303 g/mol. The minimum absolute atomic E-state index is 0.0354. The third-order valence-electron chi connectivity index (χ3n) is 4.76. The summed E-state index contributed by atoms with van der Waals surface area (Å²) < 4.78 is 26.5. The zero-order valence-corrected chi connectivity index (χ0v) is 13.4. The van der Waals surface area contributed by atoms with Crippen LogP contribution in [0, 0.1) is 10.8 Å². The van der Waals surface area contributed by atoms with Crippen molar-refractivity contribution in [1.82, 2.24) is 4.31 Å². The van der Waals surface area contributed by atoms with Gasteiger partial charge < -0.3 is 5.11 Å². The molecule has 1 saturated heterocycles. The third kappa shape index (κ3) is 2.72. The van der Waals surface area contributed by atoms with E-state index in [-0.39, 0.29) is 17.2 Å². The van der Waals surface area contributed by atoms with Gasteiger partial charge in [-0.25, -0.2) is 8.42 Å². The van der Waals surface area contributed by atoms with Gasteiger partial charge in [0.05, 0.1) is 11.2 Å². The van der Waals surface area contributed by atoms with Crippen molar-refractivity contribution < 1.29 is 18.3 Å². The molecule has 6 heteroatoms. The third-order valence-corrected chi connectivity index (χ3v) is 6.63. The van der Waals surface area contributed by atoms with Crippen molar-refractivity contribution in [2.75, 3.05) is 12.3 Å². The van der Waals surface area contributed by atoms with E-state index in [0.29, 0.717) is 32.2 Å². The van der Waals surface area contributed by atoms with Crippen LogP contribution in [0.25, 0.3) is 0 Å². The summed E-state index contributed by atoms with van der Waals surface area (Å²) in [5.41, 5.74) is -0.860. The van der Waals surface area contributed by atoms with Crippen LogP contribution in [0.2, 0.25) is 0 Å². The highest BCUT2D eigenvalue weighted by atomic mass is 32.2. The fraction of sp³-hybridized carbons (Fsp3) is 0.929. The summed E-state index contributed by atoms with van der Waals surface area (Å²) in [5, 5.41) is 9.50. The number of fused-ring (bicyclic) bond motifs is 1. The molecule has 1 N–H and O–H groups in total. The summed E-state index contributed by atoms with van der Waals surface area (Å²) in [6, 6.07) is -0.329. The summed E-state index contributed by atoms with van der Waals surface area (Å²) in [7, 11) is -3.35. The van der Waals surface area contributed by atoms with Gasteiger partial charge in [-0.15, -0.1) is 0 Å². The molecule has 116 valence electrons. The molecule has 0 aromatic rings. The molecule has 0 radical (unpaired) electrons. The Labute approximate surface area is 121 Å². The lowest BCUT2D eigenvalue weighted by Crippen LogP contribution is -2.44. The number of nitrogens with zero attached hydrogens (tertiary/aromatic N) is 1. The topological polar surface area (TPSA) is 74.7 Å². The monoisotopic (exact) mass is 303 g/mol. The molecule has 1 saturated carbocycles. The van der Waals surface area contributed by atoms with E-state index in [1.165, 1.54) is 4.31 Å². The number of carboxylic acids is 1. The molecule has 1 aliphatic heterocycles. The first kappa shape index (κ1) is 15.8. The van der Waals surface area contributed by atoms with Crippen LogP contribution in [0.1, 0.15) is 52.9 Å². The predicted octanol–water partition coefficient (Wildman–Crippen LogP) is 2.08. The van der Waals surface area contributed by atoms with Gasteiger partial charge in [-0.1, -0.05) is 27.2 Å². The van der Waals surface area contributed by atoms with Gasteiger partial charge >= 0.3 is 5.97 Å². The highest BCUT2D eigenvalue weighted by Gasteiger charge is 2.58. The summed E-state index contributed by atoms with van der Waals surface area (Å²) in [6.45, 7) is 6.42. The van der Waals surface area contributed by atoms with Gasteiger partial charge in [0.2, 0.25) is 10.0 Å². The van der Waals surface area contributed by atoms with Crippen LogP contribution >= 0.6 is 0 Å². The Balaban J connectivity index is 2.16. The van der Waals surface area contributed by atoms with Gasteiger partial charge in [-0.3, -0.25) is 4.79 Å². The molecule has 0 amide bonds. The zero-order valence-electron chi connectivity index (χ0n) is 12.6. The van der Waals surface area contributed by atoms with E-state index in [0.717, 1.165) is 6.42 Å². The van der Waals surface area contributed by atoms with Crippen LogP contribution in [0.3, 0.4) is 0 Å². The molecule has 0 aromatic heterocycles. The first-order valence-corrected chi connectivity index (χ1v) is 8.92. The van der Waals surface area contributed by atoms with Gasteiger partial charge in [0, 0.05) is 12.6 Å². The van der Waals surface area contributed by atoms with Crippen molar-refractivity contribution >= 4 is 16.0 Å². The molecule has 1 heterocycles. The minimum atomic E-state index is -3.35. The minimum Gasteiger partial charge on any atom is -0.481 e. The first-order valence-electron chi connectivity index (χ1n) is 7.31. The van der Waals surface area contributed by atoms with Crippen LogP contribution in [0.15, 0.2) is 0 Å². The summed E-state index contributed by atoms with van der Waals surface area (Å²) in [4.78, 5) is 11.6. The van der Waals surface area contributed by atoms with Crippen molar-refractivity contribution in [2.45, 2.75) is 58.9 Å². The van der Waals surface area contributed by atoms with E-state index in [2.05, 4.69) is 0 Å². The molecule has 20 heavy (non-hydrogen) atoms. The van der Waals surface area contributed by atoms with Gasteiger partial charge in [-0.05, 0) is 31.1 Å². The summed E-state index contributed by atoms with van der Waals surface area (Å²) in [5.74, 6) is -0.712. The zero-order chi connectivity index (χ0) is 15.2. The lowest BCUT2D eigenvalue weighted by atomic mass is 9.83. The number of hydrogen-bond acceptors (Lipinski definition) is 3. The second kappa shape index (κ2) is 4.98. The van der Waals surface area contributed by atoms with Crippen LogP contribution in [-0.4, -0.2) is 42.1 Å². The lowest BCUT2D eigenvalue weighted by molar-refractivity contribution is -0.149. The lowest BCUT2D eigenvalue weighted by Gasteiger charge is -2.29. The Morgan fingerprint density at radius 3 is 2.55 bits per heavy atom. The van der Waals surface area contributed by atoms with E-state index in [4.69, 9.17) is 0 Å². The second-order valence-electron chi connectivity index (χ2n) is 7.36. The fourth-order valence-corrected chi connectivity index (χ4v) is 5.64. The molecule has 5 nitrogen and oxygen atoms in total. The molecule has 2 fully saturated rings. The molecule has 2 rings (SSSR count). The SMILES string of the molecule is CC(C)(C)CCS(=O)(=O)N1CC[C@]2(C(=O)O)CCC[C@H]12. The van der Waals surface area contributed by atoms with Crippen molar-refractivity contribution in [3.05, 3.63) is 0 Å². The molecule has 0 spiro atoms. The number of sulfonamides is 1. The Morgan fingerprint density at radius 1 is 1.35 bits per heavy atom. The van der Waals surface area contributed by atoms with E-state index in [9.17, 15) is 18.3 Å². The van der Waals surface area contributed by atoms with Crippen LogP contribution in [0.4, 0.5) is 0 Å². The van der Waals surface area contributed by atoms with Gasteiger partial charge in [0.1, 0.15) is 0 Å². The summed E-state index contributed by atoms with van der Waals surface area (Å²) in [6.07, 6.45) is 3.15. The Bertz CT molecular complexity index is 494. The molecular weight excluding hydrogens is 278 g/mol. The van der Waals surface area contributed by atoms with Crippen molar-refractivity contribution in [3.63, 3.8) is 0 Å². The number of carbonyl (C=O) groups is 1. The van der Waals surface area contributed by atoms with Crippen molar-refractivity contribution in [1.29, 1.82) is 0 Å². The maximum Gasteiger partial charge on any atom is 0.311 e. The standard InChI is InChI=1S/C14H25NO4S/c1-13(2,3)8-10-20(18,19)15-9-7-14(12(16)17)6-4-5-11(14)15/h11H,4-10H2,1-3H3,(H,16,17)/t11-,14+/m0/s1. The maximum atomic E-state index is 12.5. The maximum absolute atomic E-state index is 12.5. The van der Waals surface area contributed by atoms with Gasteiger partial charge in [-0.2, -0.15) is 4.31 Å². The predicted molar refractivity (Wildman–Crippen MR) is 76.9 cm³/mol. The summed E-state index contributed by atoms with van der Waals surface area (Å²) >= 11 is 0. The Hall–Kier alpha value is -0.620. The molecule has 0 unspecified atom stereocenters. The quantitative estimate of drug-likeness (QED) is 0.863. The Kier molecular flexibility index (Phi) is 3.93. The molecule has 2 aliphatic rings. The van der Waals surface area contributed by atoms with Crippen LogP contribution in [-0.2, 0) is 14.8 Å². The second-order valence-corrected chi connectivity index (χ2v) is 9.40. The van der Waals surface area contributed by atoms with Crippen LogP contribution < -0.4 is 0 Å². The van der Waals surface area contributed by atoms with Gasteiger partial charge in [0.15, 0.2) is 0 Å². The molecule has 0 aromatic carbocycles. The first-order chi connectivity index (χ1) is 9.08. The molecule has 0 bridgehead atoms. The normalized spacial score (nSPS) is 31.4. The van der Waals surface area contributed by atoms with E-state index >= 15 is 0 Å². The highest BCUT2D eigenvalue weighted by molar-refractivity contribution is 7.89. The largest absolute Gasteiger partial charge is 0.481 e. The molecule has 2 atom stereocenters. The smallest absolute Gasteiger partial charge is 0.311 e. The van der Waals surface area contributed by atoms with E-state index in [1.54, 1.807) is 0 Å². The van der Waals surface area contributed by atoms with E-state index in [1.807, 2.05) is 20.8 Å². The van der Waals surface area contributed by atoms with Crippen molar-refractivity contribution in [3.8, 4) is 0 Å². The number of rotatable bonds is 4. The number of carboxylic acid groups (broad SMARTS) is 1. The average Bonchev–Trinajstić information content (AvgIpc) is 2.83. The fourth-order valence-electron chi connectivity index (χ4n) is 3.47. The van der Waals surface area contributed by atoms with E-state index < -0.39 is 21.4 Å². The van der Waals surface area contributed by atoms with Crippen LogP contribution in [0.5, 0.6) is 0 Å². The molecule has 1 aliphatic carbocycles. The highest BCUT2D eigenvalue weighted by Crippen LogP contribution is 2.50. The number of aliphatic carboxylic acids is 1.